The van der Waals surface area contributed by atoms with Gasteiger partial charge in [-0.15, -0.1) is 0 Å². The molecule has 10 heteroatoms. The van der Waals surface area contributed by atoms with Gasteiger partial charge in [0.25, 0.3) is 5.56 Å². The molecule has 5 rings (SSSR count). The molecule has 1 aromatic carbocycles. The van der Waals surface area contributed by atoms with Crippen LogP contribution in [0.4, 0.5) is 11.8 Å². The molecule has 2 saturated heterocycles. The van der Waals surface area contributed by atoms with Crippen LogP contribution in [0.2, 0.25) is 0 Å². The molecule has 0 saturated carbocycles. The van der Waals surface area contributed by atoms with Crippen LogP contribution in [0.3, 0.4) is 0 Å². The lowest BCUT2D eigenvalue weighted by atomic mass is 9.92. The van der Waals surface area contributed by atoms with Gasteiger partial charge in [0.2, 0.25) is 5.95 Å². The van der Waals surface area contributed by atoms with Crippen molar-refractivity contribution in [3.8, 4) is 6.07 Å². The fourth-order valence-electron chi connectivity index (χ4n) is 6.11. The number of nitriles is 1. The molecule has 4 heterocycles. The molecule has 0 radical (unpaired) electrons. The van der Waals surface area contributed by atoms with E-state index in [1.165, 1.54) is 4.57 Å². The highest BCUT2D eigenvalue weighted by molar-refractivity contribution is 5.41. The molecule has 0 amide bonds. The summed E-state index contributed by atoms with van der Waals surface area (Å²) in [6, 6.07) is 11.0. The van der Waals surface area contributed by atoms with Crippen molar-refractivity contribution in [1.82, 2.24) is 19.1 Å². The lowest BCUT2D eigenvalue weighted by Crippen LogP contribution is -2.48. The Bertz CT molecular complexity index is 1510. The summed E-state index contributed by atoms with van der Waals surface area (Å²) in [5, 5.41) is 9.36. The van der Waals surface area contributed by atoms with Crippen LogP contribution in [0.5, 0.6) is 0 Å². The second kappa shape index (κ2) is 13.3. The lowest BCUT2D eigenvalue weighted by molar-refractivity contribution is 0.358. The summed E-state index contributed by atoms with van der Waals surface area (Å²) >= 11 is 0. The second-order valence-electron chi connectivity index (χ2n) is 12.1. The Hall–Kier alpha value is -3.97. The minimum absolute atomic E-state index is 0.00373. The van der Waals surface area contributed by atoms with Gasteiger partial charge in [-0.2, -0.15) is 5.26 Å². The molecular weight excluding hydrogens is 528 g/mol. The molecule has 2 fully saturated rings. The summed E-state index contributed by atoms with van der Waals surface area (Å²) in [6.07, 6.45) is 9.49. The Morgan fingerprint density at radius 2 is 1.79 bits per heavy atom. The number of nitrogens with zero attached hydrogens (tertiary/aromatic N) is 7. The highest BCUT2D eigenvalue weighted by Crippen LogP contribution is 2.25. The first kappa shape index (κ1) is 29.5. The van der Waals surface area contributed by atoms with Crippen molar-refractivity contribution in [2.45, 2.75) is 77.4 Å². The molecule has 0 spiro atoms. The van der Waals surface area contributed by atoms with Gasteiger partial charge in [-0.25, -0.2) is 14.8 Å². The highest BCUT2D eigenvalue weighted by atomic mass is 16.2. The third-order valence-electron chi connectivity index (χ3n) is 8.65. The number of hydrogen-bond acceptors (Lipinski definition) is 8. The third-order valence-corrected chi connectivity index (χ3v) is 8.65. The van der Waals surface area contributed by atoms with Crippen LogP contribution in [-0.4, -0.2) is 51.3 Å². The summed E-state index contributed by atoms with van der Waals surface area (Å²) in [7, 11) is 0. The summed E-state index contributed by atoms with van der Waals surface area (Å²) in [6.45, 7) is 8.12. The topological polar surface area (TPSA) is 126 Å². The number of aromatic nitrogens is 4. The minimum atomic E-state index is -0.309. The molecule has 1 atom stereocenters. The van der Waals surface area contributed by atoms with E-state index in [4.69, 9.17) is 5.73 Å². The minimum Gasteiger partial charge on any atom is -0.356 e. The van der Waals surface area contributed by atoms with Crippen molar-refractivity contribution in [2.75, 3.05) is 36.0 Å². The largest absolute Gasteiger partial charge is 0.356 e. The van der Waals surface area contributed by atoms with E-state index in [9.17, 15) is 14.9 Å². The first-order chi connectivity index (χ1) is 20.3. The van der Waals surface area contributed by atoms with Crippen molar-refractivity contribution >= 4 is 11.8 Å². The Morgan fingerprint density at radius 3 is 2.48 bits per heavy atom. The van der Waals surface area contributed by atoms with Crippen molar-refractivity contribution < 1.29 is 0 Å². The average Bonchev–Trinajstić information content (AvgIpc) is 3.00. The van der Waals surface area contributed by atoms with E-state index in [0.29, 0.717) is 36.3 Å². The van der Waals surface area contributed by atoms with Gasteiger partial charge in [-0.1, -0.05) is 26.0 Å². The summed E-state index contributed by atoms with van der Waals surface area (Å²) < 4.78 is 3.06. The number of benzene rings is 1. The zero-order valence-corrected chi connectivity index (χ0v) is 24.8. The maximum absolute atomic E-state index is 13.8. The molecule has 10 nitrogen and oxygen atoms in total. The first-order valence-corrected chi connectivity index (χ1v) is 15.2. The van der Waals surface area contributed by atoms with Gasteiger partial charge in [0.05, 0.1) is 18.2 Å². The van der Waals surface area contributed by atoms with E-state index < -0.39 is 0 Å². The average molecular weight is 571 g/mol. The van der Waals surface area contributed by atoms with Crippen molar-refractivity contribution in [1.29, 1.82) is 5.26 Å². The van der Waals surface area contributed by atoms with Gasteiger partial charge in [-0.05, 0) is 73.6 Å². The molecule has 2 aromatic heterocycles. The Kier molecular flexibility index (Phi) is 9.38. The number of piperidine rings is 2. The van der Waals surface area contributed by atoms with Gasteiger partial charge in [0.1, 0.15) is 5.82 Å². The van der Waals surface area contributed by atoms with Crippen LogP contribution in [0, 0.1) is 17.2 Å². The van der Waals surface area contributed by atoms with Gasteiger partial charge >= 0.3 is 5.69 Å². The number of anilines is 2. The van der Waals surface area contributed by atoms with Gasteiger partial charge in [-0.3, -0.25) is 13.9 Å². The molecule has 2 aliphatic rings. The van der Waals surface area contributed by atoms with E-state index >= 15 is 0 Å². The van der Waals surface area contributed by atoms with Crippen LogP contribution in [0.25, 0.3) is 0 Å². The van der Waals surface area contributed by atoms with Crippen molar-refractivity contribution in [3.63, 3.8) is 0 Å². The molecule has 42 heavy (non-hydrogen) atoms. The Balaban J connectivity index is 1.27. The monoisotopic (exact) mass is 570 g/mol. The maximum Gasteiger partial charge on any atom is 0.332 e. The van der Waals surface area contributed by atoms with Gasteiger partial charge in [0, 0.05) is 57.2 Å². The second-order valence-corrected chi connectivity index (χ2v) is 12.1. The summed E-state index contributed by atoms with van der Waals surface area (Å²) in [5.74, 6) is 2.35. The van der Waals surface area contributed by atoms with Crippen LogP contribution < -0.4 is 26.8 Å². The summed E-state index contributed by atoms with van der Waals surface area (Å²) in [4.78, 5) is 40.5. The fourth-order valence-corrected chi connectivity index (χ4v) is 6.11. The molecule has 1 unspecified atom stereocenters. The quantitative estimate of drug-likeness (QED) is 0.415. The third kappa shape index (κ3) is 6.90. The molecule has 2 aliphatic heterocycles. The van der Waals surface area contributed by atoms with Crippen LogP contribution >= 0.6 is 0 Å². The number of hydrogen-bond donors (Lipinski definition) is 1. The van der Waals surface area contributed by atoms with E-state index in [1.54, 1.807) is 22.8 Å². The molecular formula is C32H42N8O2. The molecule has 222 valence electrons. The number of rotatable bonds is 9. The Morgan fingerprint density at radius 1 is 1.02 bits per heavy atom. The number of nitrogens with two attached hydrogens (primary N) is 1. The Labute approximate surface area is 247 Å². The van der Waals surface area contributed by atoms with Crippen LogP contribution in [0.15, 0.2) is 52.3 Å². The van der Waals surface area contributed by atoms with E-state index in [2.05, 4.69) is 39.7 Å². The maximum atomic E-state index is 13.8. The zero-order valence-electron chi connectivity index (χ0n) is 24.8. The highest BCUT2D eigenvalue weighted by Gasteiger charge is 2.24. The van der Waals surface area contributed by atoms with Gasteiger partial charge < -0.3 is 15.5 Å². The van der Waals surface area contributed by atoms with E-state index in [-0.39, 0.29) is 23.8 Å². The lowest BCUT2D eigenvalue weighted by Gasteiger charge is -2.34. The SMILES string of the molecule is CC(C)c1cnc(N2CCC(CCCn3c(=O)cc(N4CCCC(N)C4)n(Cc4cccc(C#N)c4)c3=O)CC2)nc1. The zero-order chi connectivity index (χ0) is 29.6. The molecule has 2 N–H and O–H groups in total. The summed E-state index contributed by atoms with van der Waals surface area (Å²) in [5.41, 5.74) is 8.20. The normalized spacial score (nSPS) is 17.9. The fraction of sp³-hybridized carbons (Fsp3) is 0.531. The molecule has 0 bridgehead atoms. The first-order valence-electron chi connectivity index (χ1n) is 15.2. The van der Waals surface area contributed by atoms with Gasteiger partial charge in [0.15, 0.2) is 0 Å². The van der Waals surface area contributed by atoms with Crippen molar-refractivity contribution in [3.05, 3.63) is 80.3 Å². The van der Waals surface area contributed by atoms with Crippen LogP contribution in [0.1, 0.15) is 75.0 Å². The van der Waals surface area contributed by atoms with Crippen molar-refractivity contribution in [2.24, 2.45) is 11.7 Å². The van der Waals surface area contributed by atoms with Crippen LogP contribution in [-0.2, 0) is 13.1 Å². The van der Waals surface area contributed by atoms with E-state index in [0.717, 1.165) is 75.2 Å². The smallest absolute Gasteiger partial charge is 0.332 e. The molecule has 3 aromatic rings. The predicted octanol–water partition coefficient (Wildman–Crippen LogP) is 3.47. The standard InChI is InChI=1S/C32H42N8O2/c1-23(2)27-19-35-31(36-20-27)37-14-10-24(11-15-37)8-4-13-39-30(41)17-29(38-12-5-9-28(34)22-38)40(32(39)42)21-26-7-3-6-25(16-26)18-33/h3,6-7,16-17,19-20,23-24,28H,4-5,8-15,21-22,34H2,1-2H3. The molecule has 0 aliphatic carbocycles. The van der Waals surface area contributed by atoms with E-state index in [1.807, 2.05) is 24.5 Å². The predicted molar refractivity (Wildman–Crippen MR) is 165 cm³/mol.